The van der Waals surface area contributed by atoms with Crippen LogP contribution in [-0.2, 0) is 21.7 Å². The summed E-state index contributed by atoms with van der Waals surface area (Å²) in [6.07, 6.45) is 1.62. The summed E-state index contributed by atoms with van der Waals surface area (Å²) in [5.74, 6) is 0.501. The van der Waals surface area contributed by atoms with E-state index in [1.54, 1.807) is 12.3 Å². The van der Waals surface area contributed by atoms with Crippen molar-refractivity contribution in [2.45, 2.75) is 111 Å². The van der Waals surface area contributed by atoms with Gasteiger partial charge in [-0.3, -0.25) is 9.55 Å². The highest BCUT2D eigenvalue weighted by Gasteiger charge is 2.30. The molecular weight excluding hydrogens is 767 g/mol. The molecule has 0 spiro atoms. The lowest BCUT2D eigenvalue weighted by molar-refractivity contribution is 0.446. The molecule has 8 rings (SSSR count). The first-order chi connectivity index (χ1) is 33.3. The molecule has 0 fully saturated rings. The summed E-state index contributed by atoms with van der Waals surface area (Å²) in [7, 11) is 0. The quantitative estimate of drug-likeness (QED) is 0.181. The molecule has 320 valence electrons. The summed E-state index contributed by atoms with van der Waals surface area (Å²) in [4.78, 5) is 10.2. The van der Waals surface area contributed by atoms with Crippen molar-refractivity contribution < 1.29 is 17.4 Å². The lowest BCUT2D eigenvalue weighted by atomic mass is 9.79. The van der Waals surface area contributed by atoms with Crippen LogP contribution in [0.5, 0.6) is 5.75 Å². The minimum atomic E-state index is -3.54. The molecule has 0 amide bonds. The third-order valence-corrected chi connectivity index (χ3v) is 12.0. The third kappa shape index (κ3) is 8.61. The predicted octanol–water partition coefficient (Wildman–Crippen LogP) is 16.0. The smallest absolute Gasteiger partial charge is 0.149 e. The van der Waals surface area contributed by atoms with Gasteiger partial charge in [0.2, 0.25) is 0 Å². The fourth-order valence-electron chi connectivity index (χ4n) is 8.27. The van der Waals surface area contributed by atoms with E-state index in [2.05, 4.69) is 103 Å². The zero-order chi connectivity index (χ0) is 52.7. The van der Waals surface area contributed by atoms with Crippen molar-refractivity contribution in [1.82, 2.24) is 14.5 Å². The summed E-state index contributed by atoms with van der Waals surface area (Å²) in [6.45, 7) is 10.5. The maximum absolute atomic E-state index is 12.6. The Balaban J connectivity index is 1.54. The number of aromatic nitrogens is 3. The molecule has 2 aromatic heterocycles. The minimum absolute atomic E-state index is 0.0720. The van der Waals surface area contributed by atoms with E-state index in [1.807, 2.05) is 85.8 Å². The molecule has 63 heavy (non-hydrogen) atoms. The molecule has 0 atom stereocenters. The lowest BCUT2D eigenvalue weighted by Crippen LogP contribution is -2.17. The topological polar surface area (TPSA) is 50.9 Å². The fourth-order valence-corrected chi connectivity index (χ4v) is 8.27. The van der Waals surface area contributed by atoms with Gasteiger partial charge in [0.15, 0.2) is 0 Å². The normalized spacial score (nSPS) is 15.3. The van der Waals surface area contributed by atoms with Gasteiger partial charge in [-0.1, -0.05) is 173 Å². The number of pyridine rings is 1. The molecule has 0 radical (unpaired) electrons. The second kappa shape index (κ2) is 15.8. The van der Waals surface area contributed by atoms with Gasteiger partial charge in [-0.2, -0.15) is 0 Å². The first-order valence-corrected chi connectivity index (χ1v) is 21.6. The predicted molar refractivity (Wildman–Crippen MR) is 267 cm³/mol. The van der Waals surface area contributed by atoms with Crippen LogP contribution >= 0.6 is 0 Å². The van der Waals surface area contributed by atoms with E-state index >= 15 is 0 Å². The van der Waals surface area contributed by atoms with Crippen LogP contribution in [0.4, 0.5) is 0 Å². The molecule has 0 bridgehead atoms. The molecule has 0 saturated carbocycles. The summed E-state index contributed by atoms with van der Waals surface area (Å²) in [6, 6.07) is 42.3. The first kappa shape index (κ1) is 33.3. The molecule has 8 aromatic rings. The standard InChI is InChI=1S/C59H63N3O/c1-37-22-24-38(25-23-37)40-28-29-60-50(33-40)42-30-41(31-44(32-42)57(5,6)7)46-20-17-21-52-53(46)61-55(48-35-45(58(8,9)10)36-49(54(48)63)59(11,12)13)62(52)51-27-26-43(56(2,3)4)34-47(51)39-18-15-14-16-19-39/h14-36,63H,1-13H3/i5D3,6D3,7D3. The number of hydrogen-bond donors (Lipinski definition) is 1. The van der Waals surface area contributed by atoms with E-state index in [9.17, 15) is 5.11 Å². The van der Waals surface area contributed by atoms with Crippen LogP contribution in [0.15, 0.2) is 140 Å². The second-order valence-corrected chi connectivity index (χ2v) is 20.1. The number of phenols is 1. The molecule has 4 nitrogen and oxygen atoms in total. The number of nitrogens with zero attached hydrogens (tertiary/aromatic N) is 3. The molecule has 2 heterocycles. The van der Waals surface area contributed by atoms with Gasteiger partial charge < -0.3 is 5.11 Å². The van der Waals surface area contributed by atoms with Crippen molar-refractivity contribution in [3.05, 3.63) is 167 Å². The summed E-state index contributed by atoms with van der Waals surface area (Å²) >= 11 is 0. The summed E-state index contributed by atoms with van der Waals surface area (Å²) < 4.78 is 81.2. The highest BCUT2D eigenvalue weighted by atomic mass is 16.3. The van der Waals surface area contributed by atoms with Crippen LogP contribution in [0.2, 0.25) is 0 Å². The number of phenolic OH excluding ortho intramolecular Hbond substituents is 1. The van der Waals surface area contributed by atoms with Gasteiger partial charge >= 0.3 is 0 Å². The van der Waals surface area contributed by atoms with Crippen molar-refractivity contribution in [1.29, 1.82) is 0 Å². The highest BCUT2D eigenvalue weighted by molar-refractivity contribution is 5.98. The van der Waals surface area contributed by atoms with Crippen molar-refractivity contribution in [2.24, 2.45) is 0 Å². The van der Waals surface area contributed by atoms with Crippen molar-refractivity contribution in [3.63, 3.8) is 0 Å². The fraction of sp³-hybridized carbons (Fsp3) is 0.288. The number of aromatic hydroxyl groups is 1. The maximum Gasteiger partial charge on any atom is 0.149 e. The number of aryl methyl sites for hydroxylation is 1. The van der Waals surface area contributed by atoms with E-state index in [4.69, 9.17) is 22.3 Å². The van der Waals surface area contributed by atoms with Gasteiger partial charge in [0.25, 0.3) is 0 Å². The highest BCUT2D eigenvalue weighted by Crippen LogP contribution is 2.46. The number of fused-ring (bicyclic) bond motifs is 1. The minimum Gasteiger partial charge on any atom is -0.507 e. The van der Waals surface area contributed by atoms with Crippen LogP contribution in [-0.4, -0.2) is 19.6 Å². The SMILES string of the molecule is [2H]C([2H])([2H])C(c1cc(-c2cc(-c3ccc(C)cc3)ccn2)cc(-c2cccc3c2nc(-c2cc(C(C)(C)C)cc(C(C)(C)C)c2O)n3-c2ccc(C(C)(C)C)cc2-c2ccccc2)c1)(C([2H])([2H])[2H])C([2H])([2H])[2H]. The first-order valence-electron chi connectivity index (χ1n) is 26.1. The molecule has 0 unspecified atom stereocenters. The van der Waals surface area contributed by atoms with Crippen LogP contribution in [0.25, 0.3) is 72.7 Å². The van der Waals surface area contributed by atoms with Crippen LogP contribution in [0.1, 0.15) is 123 Å². The average Bonchev–Trinajstić information content (AvgIpc) is 3.66. The Morgan fingerprint density at radius 2 is 1.17 bits per heavy atom. The Kier molecular flexibility index (Phi) is 8.37. The van der Waals surface area contributed by atoms with Crippen molar-refractivity contribution in [2.75, 3.05) is 0 Å². The number of benzene rings is 6. The zero-order valence-electron chi connectivity index (χ0n) is 47.1. The number of para-hydroxylation sites is 1. The van der Waals surface area contributed by atoms with Crippen LogP contribution in [0.3, 0.4) is 0 Å². The van der Waals surface area contributed by atoms with E-state index in [0.29, 0.717) is 44.8 Å². The van der Waals surface area contributed by atoms with Crippen LogP contribution in [0, 0.1) is 6.92 Å². The van der Waals surface area contributed by atoms with Gasteiger partial charge in [-0.05, 0) is 116 Å². The van der Waals surface area contributed by atoms with E-state index in [0.717, 1.165) is 50.2 Å². The summed E-state index contributed by atoms with van der Waals surface area (Å²) in [5, 5.41) is 12.6. The molecule has 6 aromatic carbocycles. The van der Waals surface area contributed by atoms with Crippen molar-refractivity contribution in [3.8, 4) is 67.5 Å². The average molecular weight is 839 g/mol. The van der Waals surface area contributed by atoms with Gasteiger partial charge in [-0.25, -0.2) is 4.98 Å². The Labute approximate surface area is 388 Å². The van der Waals surface area contributed by atoms with Gasteiger partial charge in [0, 0.05) is 40.8 Å². The molecule has 0 saturated heterocycles. The number of imidazole rings is 1. The molecule has 0 aliphatic rings. The molecule has 0 aliphatic carbocycles. The Morgan fingerprint density at radius 1 is 0.508 bits per heavy atom. The summed E-state index contributed by atoms with van der Waals surface area (Å²) in [5.41, 5.74) is 6.51. The van der Waals surface area contributed by atoms with E-state index in [-0.39, 0.29) is 16.6 Å². The van der Waals surface area contributed by atoms with Gasteiger partial charge in [-0.15, -0.1) is 0 Å². The second-order valence-electron chi connectivity index (χ2n) is 20.1. The van der Waals surface area contributed by atoms with Gasteiger partial charge in [0.1, 0.15) is 11.6 Å². The lowest BCUT2D eigenvalue weighted by Gasteiger charge is -2.28. The Bertz CT molecular complexity index is 3290. The Hall–Kier alpha value is -6.26. The largest absolute Gasteiger partial charge is 0.507 e. The monoisotopic (exact) mass is 839 g/mol. The number of hydrogen-bond acceptors (Lipinski definition) is 3. The molecule has 0 aliphatic heterocycles. The Morgan fingerprint density at radius 3 is 1.84 bits per heavy atom. The van der Waals surface area contributed by atoms with Gasteiger partial charge in [0.05, 0.1) is 28.0 Å². The molecule has 1 N–H and O–H groups in total. The van der Waals surface area contributed by atoms with E-state index < -0.39 is 36.9 Å². The van der Waals surface area contributed by atoms with Crippen LogP contribution < -0.4 is 0 Å². The van der Waals surface area contributed by atoms with Crippen molar-refractivity contribution >= 4 is 11.0 Å². The van der Waals surface area contributed by atoms with E-state index in [1.165, 1.54) is 12.1 Å². The third-order valence-electron chi connectivity index (χ3n) is 12.0. The number of rotatable bonds is 6. The maximum atomic E-state index is 12.6. The molecular formula is C59H63N3O. The zero-order valence-corrected chi connectivity index (χ0v) is 38.1. The molecule has 4 heteroatoms.